The van der Waals surface area contributed by atoms with Crippen LogP contribution in [0.5, 0.6) is 0 Å². The molecule has 2 amide bonds. The second kappa shape index (κ2) is 7.82. The molecular weight excluding hydrogens is 360 g/mol. The number of ether oxygens (including phenoxy) is 1. The van der Waals surface area contributed by atoms with Gasteiger partial charge in [0.05, 0.1) is 18.8 Å². The van der Waals surface area contributed by atoms with Gasteiger partial charge < -0.3 is 15.0 Å². The van der Waals surface area contributed by atoms with Gasteiger partial charge in [-0.3, -0.25) is 9.59 Å². The normalized spacial score (nSPS) is 16.7. The van der Waals surface area contributed by atoms with Crippen LogP contribution in [0.25, 0.3) is 0 Å². The van der Waals surface area contributed by atoms with Crippen molar-refractivity contribution in [3.8, 4) is 0 Å². The summed E-state index contributed by atoms with van der Waals surface area (Å²) in [5.41, 5.74) is 3.57. The molecule has 27 heavy (non-hydrogen) atoms. The van der Waals surface area contributed by atoms with Crippen LogP contribution in [0.3, 0.4) is 0 Å². The van der Waals surface area contributed by atoms with Gasteiger partial charge in [-0.1, -0.05) is 17.7 Å². The van der Waals surface area contributed by atoms with Crippen LogP contribution in [0.2, 0.25) is 0 Å². The number of hydrogen-bond donors (Lipinski definition) is 1. The molecule has 1 aromatic heterocycles. The second-order valence-electron chi connectivity index (χ2n) is 7.14. The zero-order valence-electron chi connectivity index (χ0n) is 15.5. The lowest BCUT2D eigenvalue weighted by Gasteiger charge is -2.27. The number of hydrogen-bond acceptors (Lipinski definition) is 4. The first kappa shape index (κ1) is 18.2. The fourth-order valence-electron chi connectivity index (χ4n) is 3.68. The van der Waals surface area contributed by atoms with Crippen LogP contribution in [0.15, 0.2) is 24.3 Å². The molecule has 142 valence electrons. The van der Waals surface area contributed by atoms with E-state index in [0.717, 1.165) is 36.8 Å². The van der Waals surface area contributed by atoms with E-state index in [4.69, 9.17) is 4.74 Å². The molecule has 2 heterocycles. The van der Waals surface area contributed by atoms with Crippen LogP contribution in [0.1, 0.15) is 49.6 Å². The molecule has 0 bridgehead atoms. The molecular formula is C21H24N2O3S. The van der Waals surface area contributed by atoms with Crippen LogP contribution in [-0.2, 0) is 17.6 Å². The fraction of sp³-hybridized carbons (Fsp3) is 0.429. The van der Waals surface area contributed by atoms with E-state index in [1.807, 2.05) is 36.1 Å². The Kier molecular flexibility index (Phi) is 5.27. The quantitative estimate of drug-likeness (QED) is 0.879. The number of aryl methyl sites for hydroxylation is 2. The highest BCUT2D eigenvalue weighted by molar-refractivity contribution is 7.17. The van der Waals surface area contributed by atoms with E-state index in [-0.39, 0.29) is 11.8 Å². The molecule has 1 fully saturated rings. The Labute approximate surface area is 163 Å². The van der Waals surface area contributed by atoms with Crippen LogP contribution in [0, 0.1) is 6.92 Å². The highest BCUT2D eigenvalue weighted by Crippen LogP contribution is 2.39. The number of morpholine rings is 1. The molecule has 1 aliphatic carbocycles. The maximum Gasteiger partial charge on any atom is 0.257 e. The molecule has 1 N–H and O–H groups in total. The van der Waals surface area contributed by atoms with Crippen molar-refractivity contribution in [2.75, 3.05) is 31.6 Å². The highest BCUT2D eigenvalue weighted by Gasteiger charge is 2.30. The van der Waals surface area contributed by atoms with Gasteiger partial charge in [0, 0.05) is 23.5 Å². The number of carbonyl (C=O) groups is 2. The third-order valence-electron chi connectivity index (χ3n) is 5.22. The largest absolute Gasteiger partial charge is 0.378 e. The lowest BCUT2D eigenvalue weighted by atomic mass is 9.95. The van der Waals surface area contributed by atoms with E-state index in [0.29, 0.717) is 42.4 Å². The van der Waals surface area contributed by atoms with Gasteiger partial charge in [-0.15, -0.1) is 11.3 Å². The molecule has 0 spiro atoms. The number of carbonyl (C=O) groups excluding carboxylic acids is 2. The average Bonchev–Trinajstić information content (AvgIpc) is 3.06. The second-order valence-corrected chi connectivity index (χ2v) is 8.24. The first-order valence-corrected chi connectivity index (χ1v) is 10.3. The number of amides is 2. The van der Waals surface area contributed by atoms with Gasteiger partial charge >= 0.3 is 0 Å². The first-order valence-electron chi connectivity index (χ1n) is 9.53. The number of nitrogens with zero attached hydrogens (tertiary/aromatic N) is 1. The van der Waals surface area contributed by atoms with Crippen molar-refractivity contribution in [3.63, 3.8) is 0 Å². The van der Waals surface area contributed by atoms with E-state index in [2.05, 4.69) is 5.32 Å². The fourth-order valence-corrected chi connectivity index (χ4v) is 4.96. The molecule has 0 atom stereocenters. The SMILES string of the molecule is Cc1ccc(C(=O)Nc2sc3c(c2C(=O)N2CCOCC2)CCCC3)cc1. The monoisotopic (exact) mass is 384 g/mol. The predicted octanol–water partition coefficient (Wildman–Crippen LogP) is 3.66. The summed E-state index contributed by atoms with van der Waals surface area (Å²) < 4.78 is 5.38. The zero-order chi connectivity index (χ0) is 18.8. The van der Waals surface area contributed by atoms with Crippen molar-refractivity contribution >= 4 is 28.2 Å². The van der Waals surface area contributed by atoms with Crippen molar-refractivity contribution in [2.24, 2.45) is 0 Å². The minimum atomic E-state index is -0.162. The summed E-state index contributed by atoms with van der Waals surface area (Å²) in [6, 6.07) is 7.49. The lowest BCUT2D eigenvalue weighted by molar-refractivity contribution is 0.0303. The van der Waals surface area contributed by atoms with E-state index in [1.54, 1.807) is 11.3 Å². The van der Waals surface area contributed by atoms with E-state index >= 15 is 0 Å². The van der Waals surface area contributed by atoms with Gasteiger partial charge in [-0.2, -0.15) is 0 Å². The summed E-state index contributed by atoms with van der Waals surface area (Å²) in [7, 11) is 0. The van der Waals surface area contributed by atoms with Crippen molar-refractivity contribution in [1.82, 2.24) is 4.90 Å². The topological polar surface area (TPSA) is 58.6 Å². The molecule has 1 aromatic carbocycles. The summed E-state index contributed by atoms with van der Waals surface area (Å²) in [6.07, 6.45) is 4.14. The highest BCUT2D eigenvalue weighted by atomic mass is 32.1. The van der Waals surface area contributed by atoms with Gasteiger partial charge in [0.1, 0.15) is 5.00 Å². The van der Waals surface area contributed by atoms with E-state index in [1.165, 1.54) is 4.88 Å². The van der Waals surface area contributed by atoms with Gasteiger partial charge in [0.25, 0.3) is 11.8 Å². The van der Waals surface area contributed by atoms with Crippen molar-refractivity contribution in [3.05, 3.63) is 51.4 Å². The van der Waals surface area contributed by atoms with Crippen molar-refractivity contribution < 1.29 is 14.3 Å². The summed E-state index contributed by atoms with van der Waals surface area (Å²) in [5, 5.41) is 3.72. The molecule has 0 unspecified atom stereocenters. The lowest BCUT2D eigenvalue weighted by Crippen LogP contribution is -2.41. The molecule has 6 heteroatoms. The van der Waals surface area contributed by atoms with Gasteiger partial charge in [0.2, 0.25) is 0 Å². The molecule has 0 radical (unpaired) electrons. The Morgan fingerprint density at radius 2 is 1.78 bits per heavy atom. The molecule has 4 rings (SSSR count). The first-order chi connectivity index (χ1) is 13.1. The third-order valence-corrected chi connectivity index (χ3v) is 6.43. The van der Waals surface area contributed by atoms with Crippen LogP contribution in [0.4, 0.5) is 5.00 Å². The Balaban J connectivity index is 1.65. The van der Waals surface area contributed by atoms with E-state index < -0.39 is 0 Å². The van der Waals surface area contributed by atoms with Crippen molar-refractivity contribution in [2.45, 2.75) is 32.6 Å². The van der Waals surface area contributed by atoms with Crippen LogP contribution < -0.4 is 5.32 Å². The summed E-state index contributed by atoms with van der Waals surface area (Å²) in [4.78, 5) is 29.1. The molecule has 2 aromatic rings. The number of fused-ring (bicyclic) bond motifs is 1. The molecule has 1 saturated heterocycles. The minimum Gasteiger partial charge on any atom is -0.378 e. The van der Waals surface area contributed by atoms with Crippen LogP contribution in [-0.4, -0.2) is 43.0 Å². The number of benzene rings is 1. The summed E-state index contributed by atoms with van der Waals surface area (Å²) in [5.74, 6) is -0.137. The number of thiophene rings is 1. The Morgan fingerprint density at radius 1 is 1.07 bits per heavy atom. The third kappa shape index (κ3) is 3.77. The molecule has 0 saturated carbocycles. The Bertz CT molecular complexity index is 851. The predicted molar refractivity (Wildman–Crippen MR) is 107 cm³/mol. The standard InChI is InChI=1S/C21H24N2O3S/c1-14-6-8-15(9-7-14)19(24)22-20-18(16-4-2-3-5-17(16)27-20)21(25)23-10-12-26-13-11-23/h6-9H,2-5,10-13H2,1H3,(H,22,24). The smallest absolute Gasteiger partial charge is 0.257 e. The molecule has 1 aliphatic heterocycles. The number of anilines is 1. The summed E-state index contributed by atoms with van der Waals surface area (Å²) in [6.45, 7) is 4.35. The molecule has 2 aliphatic rings. The maximum absolute atomic E-state index is 13.2. The minimum absolute atomic E-state index is 0.0249. The summed E-state index contributed by atoms with van der Waals surface area (Å²) >= 11 is 1.57. The van der Waals surface area contributed by atoms with Crippen LogP contribution >= 0.6 is 11.3 Å². The average molecular weight is 385 g/mol. The molecule has 5 nitrogen and oxygen atoms in total. The number of rotatable bonds is 3. The number of nitrogens with one attached hydrogen (secondary N) is 1. The zero-order valence-corrected chi connectivity index (χ0v) is 16.4. The van der Waals surface area contributed by atoms with Gasteiger partial charge in [-0.25, -0.2) is 0 Å². The van der Waals surface area contributed by atoms with Crippen molar-refractivity contribution in [1.29, 1.82) is 0 Å². The Morgan fingerprint density at radius 3 is 2.52 bits per heavy atom. The van der Waals surface area contributed by atoms with Gasteiger partial charge in [-0.05, 0) is 50.3 Å². The van der Waals surface area contributed by atoms with E-state index in [9.17, 15) is 9.59 Å². The Hall–Kier alpha value is -2.18. The van der Waals surface area contributed by atoms with Gasteiger partial charge in [0.15, 0.2) is 0 Å². The maximum atomic E-state index is 13.2.